The van der Waals surface area contributed by atoms with Gasteiger partial charge < -0.3 is 14.5 Å². The van der Waals surface area contributed by atoms with Crippen LogP contribution in [0, 0.1) is 0 Å². The number of esters is 1. The fourth-order valence-electron chi connectivity index (χ4n) is 2.40. The predicted octanol–water partition coefficient (Wildman–Crippen LogP) is 4.53. The minimum atomic E-state index is -4.47. The number of furan rings is 1. The maximum atomic E-state index is 12.8. The van der Waals surface area contributed by atoms with Crippen molar-refractivity contribution < 1.29 is 31.9 Å². The van der Waals surface area contributed by atoms with Crippen molar-refractivity contribution in [1.29, 1.82) is 0 Å². The first kappa shape index (κ1) is 20.6. The van der Waals surface area contributed by atoms with E-state index in [-0.39, 0.29) is 35.9 Å². The molecule has 6 nitrogen and oxygen atoms in total. The number of nitrogens with zero attached hydrogens (tertiary/aromatic N) is 1. The van der Waals surface area contributed by atoms with Crippen LogP contribution in [0.2, 0.25) is 0 Å². The van der Waals surface area contributed by atoms with E-state index in [1.54, 1.807) is 6.92 Å². The van der Waals surface area contributed by atoms with Crippen LogP contribution in [0.25, 0.3) is 11.3 Å². The highest BCUT2D eigenvalue weighted by Crippen LogP contribution is 2.32. The normalized spacial score (nSPS) is 11.3. The van der Waals surface area contributed by atoms with Crippen molar-refractivity contribution in [2.24, 2.45) is 0 Å². The second kappa shape index (κ2) is 8.48. The van der Waals surface area contributed by atoms with Gasteiger partial charge in [-0.15, -0.1) is 11.3 Å². The summed E-state index contributed by atoms with van der Waals surface area (Å²) in [6, 6.07) is 7.43. The Kier molecular flexibility index (Phi) is 6.02. The molecule has 0 aliphatic carbocycles. The number of thiazole rings is 1. The lowest BCUT2D eigenvalue weighted by atomic mass is 10.1. The van der Waals surface area contributed by atoms with E-state index in [9.17, 15) is 22.8 Å². The molecule has 0 fully saturated rings. The number of alkyl halides is 3. The second-order valence-corrected chi connectivity index (χ2v) is 6.71. The number of aromatic nitrogens is 1. The Balaban J connectivity index is 1.65. The first-order valence-corrected chi connectivity index (χ1v) is 9.33. The third kappa shape index (κ3) is 5.02. The highest BCUT2D eigenvalue weighted by atomic mass is 32.1. The molecule has 3 rings (SSSR count). The quantitative estimate of drug-likeness (QED) is 0.588. The average molecular weight is 424 g/mol. The van der Waals surface area contributed by atoms with Crippen molar-refractivity contribution in [2.45, 2.75) is 19.6 Å². The van der Waals surface area contributed by atoms with Crippen molar-refractivity contribution in [1.82, 2.24) is 10.3 Å². The maximum Gasteiger partial charge on any atom is 0.416 e. The van der Waals surface area contributed by atoms with Crippen LogP contribution in [0.1, 0.15) is 38.5 Å². The monoisotopic (exact) mass is 424 g/mol. The summed E-state index contributed by atoms with van der Waals surface area (Å²) in [7, 11) is 0. The standard InChI is InChI=1S/C19H15F3N2O4S/c1-2-27-18(26)13-10-29-16(24-13)9-23-17(25)15-7-6-14(28-15)11-4-3-5-12(8-11)19(20,21)22/h3-8,10H,2,9H2,1H3,(H,23,25). The van der Waals surface area contributed by atoms with Gasteiger partial charge in [-0.3, -0.25) is 4.79 Å². The Morgan fingerprint density at radius 1 is 1.24 bits per heavy atom. The molecular weight excluding hydrogens is 409 g/mol. The summed E-state index contributed by atoms with van der Waals surface area (Å²) in [6.07, 6.45) is -4.47. The number of carbonyl (C=O) groups is 2. The summed E-state index contributed by atoms with van der Waals surface area (Å²) in [5.74, 6) is -1.02. The third-order valence-corrected chi connectivity index (χ3v) is 4.59. The Bertz CT molecular complexity index is 1030. The molecule has 1 amide bonds. The molecule has 0 saturated carbocycles. The zero-order valence-corrected chi connectivity index (χ0v) is 15.9. The lowest BCUT2D eigenvalue weighted by molar-refractivity contribution is -0.137. The van der Waals surface area contributed by atoms with E-state index >= 15 is 0 Å². The molecule has 152 valence electrons. The van der Waals surface area contributed by atoms with E-state index in [0.717, 1.165) is 12.1 Å². The lowest BCUT2D eigenvalue weighted by Gasteiger charge is -2.07. The summed E-state index contributed by atoms with van der Waals surface area (Å²) in [5, 5.41) is 4.60. The topological polar surface area (TPSA) is 81.4 Å². The lowest BCUT2D eigenvalue weighted by Crippen LogP contribution is -2.22. The van der Waals surface area contributed by atoms with Crippen molar-refractivity contribution in [3.63, 3.8) is 0 Å². The van der Waals surface area contributed by atoms with Crippen molar-refractivity contribution >= 4 is 23.2 Å². The van der Waals surface area contributed by atoms with E-state index in [1.807, 2.05) is 0 Å². The summed E-state index contributed by atoms with van der Waals surface area (Å²) in [4.78, 5) is 27.9. The van der Waals surface area contributed by atoms with Gasteiger partial charge in [0.25, 0.3) is 5.91 Å². The Labute approximate surface area is 167 Å². The van der Waals surface area contributed by atoms with Gasteiger partial charge in [-0.05, 0) is 31.2 Å². The van der Waals surface area contributed by atoms with Gasteiger partial charge >= 0.3 is 12.1 Å². The Hall–Kier alpha value is -3.14. The third-order valence-electron chi connectivity index (χ3n) is 3.74. The molecule has 0 aliphatic rings. The molecular formula is C19H15F3N2O4S. The number of ether oxygens (including phenoxy) is 1. The fraction of sp³-hybridized carbons (Fsp3) is 0.211. The van der Waals surface area contributed by atoms with Gasteiger partial charge in [0, 0.05) is 10.9 Å². The number of hydrogen-bond donors (Lipinski definition) is 1. The van der Waals surface area contributed by atoms with Crippen LogP contribution in [0.3, 0.4) is 0 Å². The number of halogens is 3. The summed E-state index contributed by atoms with van der Waals surface area (Å²) in [5.41, 5.74) is -0.442. The number of hydrogen-bond acceptors (Lipinski definition) is 6. The number of rotatable bonds is 6. The first-order chi connectivity index (χ1) is 13.8. The molecule has 3 aromatic rings. The Morgan fingerprint density at radius 3 is 2.76 bits per heavy atom. The molecule has 0 atom stereocenters. The number of amides is 1. The van der Waals surface area contributed by atoms with E-state index in [0.29, 0.717) is 5.01 Å². The molecule has 1 N–H and O–H groups in total. The fourth-order valence-corrected chi connectivity index (χ4v) is 3.10. The molecule has 29 heavy (non-hydrogen) atoms. The van der Waals surface area contributed by atoms with Gasteiger partial charge in [0.15, 0.2) is 11.5 Å². The molecule has 2 aromatic heterocycles. The van der Waals surface area contributed by atoms with Gasteiger partial charge in [0.2, 0.25) is 0 Å². The molecule has 10 heteroatoms. The van der Waals surface area contributed by atoms with Crippen LogP contribution in [0.4, 0.5) is 13.2 Å². The van der Waals surface area contributed by atoms with Crippen LogP contribution in [0.15, 0.2) is 46.2 Å². The van der Waals surface area contributed by atoms with Crippen LogP contribution < -0.4 is 5.32 Å². The molecule has 1 aromatic carbocycles. The van der Waals surface area contributed by atoms with Gasteiger partial charge in [0.05, 0.1) is 18.7 Å². The Morgan fingerprint density at radius 2 is 2.03 bits per heavy atom. The maximum absolute atomic E-state index is 12.8. The summed E-state index contributed by atoms with van der Waals surface area (Å²) in [6.45, 7) is 1.97. The molecule has 2 heterocycles. The smallest absolute Gasteiger partial charge is 0.416 e. The van der Waals surface area contributed by atoms with Gasteiger partial charge in [-0.1, -0.05) is 12.1 Å². The van der Waals surface area contributed by atoms with Crippen molar-refractivity contribution in [3.8, 4) is 11.3 Å². The molecule has 0 bridgehead atoms. The van der Waals surface area contributed by atoms with E-state index < -0.39 is 23.6 Å². The van der Waals surface area contributed by atoms with Gasteiger partial charge in [-0.25, -0.2) is 9.78 Å². The number of nitrogens with one attached hydrogen (secondary N) is 1. The van der Waals surface area contributed by atoms with E-state index in [4.69, 9.17) is 9.15 Å². The highest BCUT2D eigenvalue weighted by molar-refractivity contribution is 7.09. The summed E-state index contributed by atoms with van der Waals surface area (Å²) >= 11 is 1.18. The SMILES string of the molecule is CCOC(=O)c1csc(CNC(=O)c2ccc(-c3cccc(C(F)(F)F)c3)o2)n1. The van der Waals surface area contributed by atoms with Crippen LogP contribution in [0.5, 0.6) is 0 Å². The van der Waals surface area contributed by atoms with Crippen LogP contribution >= 0.6 is 11.3 Å². The minimum absolute atomic E-state index is 0.0559. The van der Waals surface area contributed by atoms with Gasteiger partial charge in [0.1, 0.15) is 10.8 Å². The second-order valence-electron chi connectivity index (χ2n) is 5.77. The van der Waals surface area contributed by atoms with Crippen LogP contribution in [-0.4, -0.2) is 23.5 Å². The predicted molar refractivity (Wildman–Crippen MR) is 98.4 cm³/mol. The van der Waals surface area contributed by atoms with Crippen molar-refractivity contribution in [2.75, 3.05) is 6.61 Å². The molecule has 0 spiro atoms. The summed E-state index contributed by atoms with van der Waals surface area (Å²) < 4.78 is 48.8. The van der Waals surface area contributed by atoms with E-state index in [2.05, 4.69) is 10.3 Å². The minimum Gasteiger partial charge on any atom is -0.461 e. The number of carbonyl (C=O) groups excluding carboxylic acids is 2. The molecule has 0 unspecified atom stereocenters. The largest absolute Gasteiger partial charge is 0.461 e. The number of benzene rings is 1. The van der Waals surface area contributed by atoms with Crippen LogP contribution in [-0.2, 0) is 17.5 Å². The molecule has 0 aliphatic heterocycles. The highest BCUT2D eigenvalue weighted by Gasteiger charge is 2.30. The van der Waals surface area contributed by atoms with Gasteiger partial charge in [-0.2, -0.15) is 13.2 Å². The molecule has 0 saturated heterocycles. The zero-order valence-electron chi connectivity index (χ0n) is 15.1. The average Bonchev–Trinajstić information content (AvgIpc) is 3.36. The van der Waals surface area contributed by atoms with E-state index in [1.165, 1.54) is 41.0 Å². The van der Waals surface area contributed by atoms with Crippen molar-refractivity contribution in [3.05, 3.63) is 63.8 Å². The zero-order chi connectivity index (χ0) is 21.0. The molecule has 0 radical (unpaired) electrons. The first-order valence-electron chi connectivity index (χ1n) is 8.45.